The number of fused-ring (bicyclic) bond motifs is 6. The van der Waals surface area contributed by atoms with Gasteiger partial charge in [0.05, 0.1) is 0 Å². The molecule has 0 fully saturated rings. The van der Waals surface area contributed by atoms with E-state index in [0.29, 0.717) is 0 Å². The standard InChI is InChI=1S/C59H45NOS3Si/c1-59(2)47-17-5-7-20-50(47)63-57-45(15-11-18-48(57)59)39-28-34-42(35-29-39)60(43-36-30-40(31-37-43)46-16-12-23-53-58(46)64-52-22-9-8-21-51(52)62-53)41-32-26-38(27-33-41)44-14-13-25-55-56(44)61-49-19-6-10-24-54(49)65(55,3)4/h5-37H,1-4H3. The molecule has 9 aromatic rings. The zero-order chi connectivity index (χ0) is 43.9. The van der Waals surface area contributed by atoms with E-state index in [1.54, 1.807) is 0 Å². The van der Waals surface area contributed by atoms with Gasteiger partial charge in [0.25, 0.3) is 0 Å². The number of rotatable bonds is 6. The molecular formula is C59H45NOS3Si. The second-order valence-electron chi connectivity index (χ2n) is 18.1. The fourth-order valence-corrected chi connectivity index (χ4v) is 16.7. The number of ether oxygens (including phenoxy) is 1. The Labute approximate surface area is 395 Å². The van der Waals surface area contributed by atoms with Crippen molar-refractivity contribution < 1.29 is 4.74 Å². The zero-order valence-electron chi connectivity index (χ0n) is 36.6. The summed E-state index contributed by atoms with van der Waals surface area (Å²) in [4.78, 5) is 10.3. The van der Waals surface area contributed by atoms with Gasteiger partial charge in [-0.15, -0.1) is 0 Å². The molecule has 0 saturated carbocycles. The van der Waals surface area contributed by atoms with E-state index in [1.807, 2.05) is 35.3 Å². The molecule has 6 heteroatoms. The number of para-hydroxylation sites is 2. The number of nitrogens with zero attached hydrogens (tertiary/aromatic N) is 1. The van der Waals surface area contributed by atoms with Crippen molar-refractivity contribution >= 4 is 70.8 Å². The molecule has 0 spiro atoms. The molecule has 3 aliphatic heterocycles. The molecule has 3 aliphatic rings. The van der Waals surface area contributed by atoms with Crippen molar-refractivity contribution in [2.24, 2.45) is 0 Å². The summed E-state index contributed by atoms with van der Waals surface area (Å²) in [6.45, 7) is 9.58. The van der Waals surface area contributed by atoms with Crippen LogP contribution in [0.4, 0.5) is 17.1 Å². The predicted molar refractivity (Wildman–Crippen MR) is 278 cm³/mol. The molecule has 0 bridgehead atoms. The lowest BCUT2D eigenvalue weighted by Gasteiger charge is -2.35. The van der Waals surface area contributed by atoms with Gasteiger partial charge in [0, 0.05) is 57.4 Å². The van der Waals surface area contributed by atoms with E-state index < -0.39 is 8.07 Å². The highest BCUT2D eigenvalue weighted by Crippen LogP contribution is 2.54. The monoisotopic (exact) mass is 907 g/mol. The Bertz CT molecular complexity index is 3170. The minimum Gasteiger partial charge on any atom is -0.457 e. The van der Waals surface area contributed by atoms with Crippen molar-refractivity contribution in [2.45, 2.75) is 61.7 Å². The lowest BCUT2D eigenvalue weighted by atomic mass is 9.77. The third kappa shape index (κ3) is 6.80. The van der Waals surface area contributed by atoms with Crippen LogP contribution in [0, 0.1) is 0 Å². The first-order valence-electron chi connectivity index (χ1n) is 22.2. The van der Waals surface area contributed by atoms with Crippen LogP contribution in [0.25, 0.3) is 33.4 Å². The second-order valence-corrected chi connectivity index (χ2v) is 25.6. The third-order valence-corrected chi connectivity index (χ3v) is 20.8. The van der Waals surface area contributed by atoms with E-state index in [-0.39, 0.29) is 5.41 Å². The van der Waals surface area contributed by atoms with Crippen LogP contribution < -0.4 is 20.0 Å². The molecule has 2 nitrogen and oxygen atoms in total. The van der Waals surface area contributed by atoms with Crippen molar-refractivity contribution in [2.75, 3.05) is 4.90 Å². The SMILES string of the molecule is CC1(C)c2ccccc2Sc2c(-c3ccc(N(c4ccc(-c5cccc6c5Oc5ccccc5[Si]6(C)C)cc4)c4ccc(-c5cccc6c5Sc5ccccc5S6)cc4)cc3)cccc21. The Morgan fingerprint density at radius 1 is 0.400 bits per heavy atom. The first kappa shape index (κ1) is 40.4. The molecule has 3 heterocycles. The Morgan fingerprint density at radius 2 is 0.862 bits per heavy atom. The van der Waals surface area contributed by atoms with Crippen LogP contribution in [0.2, 0.25) is 13.1 Å². The van der Waals surface area contributed by atoms with Crippen LogP contribution in [0.5, 0.6) is 11.5 Å². The quantitative estimate of drug-likeness (QED) is 0.154. The first-order chi connectivity index (χ1) is 31.7. The van der Waals surface area contributed by atoms with Gasteiger partial charge in [0.1, 0.15) is 19.6 Å². The summed E-state index contributed by atoms with van der Waals surface area (Å²) in [5.74, 6) is 1.98. The molecule has 0 unspecified atom stereocenters. The van der Waals surface area contributed by atoms with Gasteiger partial charge in [0.2, 0.25) is 0 Å². The molecule has 65 heavy (non-hydrogen) atoms. The lowest BCUT2D eigenvalue weighted by Crippen LogP contribution is -2.56. The fourth-order valence-electron chi connectivity index (χ4n) is 9.98. The minimum atomic E-state index is -1.96. The Balaban J connectivity index is 0.927. The number of anilines is 3. The van der Waals surface area contributed by atoms with Crippen molar-refractivity contribution in [1.29, 1.82) is 0 Å². The summed E-state index contributed by atoms with van der Waals surface area (Å²) in [5, 5.41) is 2.69. The Hall–Kier alpha value is -6.15. The first-order valence-corrected chi connectivity index (χ1v) is 27.7. The summed E-state index contributed by atoms with van der Waals surface area (Å²) < 4.78 is 6.75. The minimum absolute atomic E-state index is 0.0862. The van der Waals surface area contributed by atoms with E-state index in [9.17, 15) is 0 Å². The summed E-state index contributed by atoms with van der Waals surface area (Å²) >= 11 is 5.64. The highest BCUT2D eigenvalue weighted by Gasteiger charge is 2.38. The largest absolute Gasteiger partial charge is 0.457 e. The molecule has 12 rings (SSSR count). The third-order valence-electron chi connectivity index (χ3n) is 13.5. The molecule has 0 aromatic heterocycles. The predicted octanol–water partition coefficient (Wildman–Crippen LogP) is 16.5. The van der Waals surface area contributed by atoms with Crippen LogP contribution in [-0.4, -0.2) is 8.07 Å². The molecule has 314 valence electrons. The molecular weight excluding hydrogens is 863 g/mol. The molecule has 0 atom stereocenters. The maximum Gasteiger partial charge on any atom is 0.134 e. The van der Waals surface area contributed by atoms with E-state index >= 15 is 0 Å². The van der Waals surface area contributed by atoms with E-state index in [0.717, 1.165) is 39.7 Å². The average molecular weight is 908 g/mol. The number of hydrogen-bond donors (Lipinski definition) is 0. The highest BCUT2D eigenvalue weighted by atomic mass is 32.2. The van der Waals surface area contributed by atoms with Gasteiger partial charge in [-0.05, 0) is 116 Å². The highest BCUT2D eigenvalue weighted by molar-refractivity contribution is 8.05. The molecule has 0 N–H and O–H groups in total. The Morgan fingerprint density at radius 3 is 1.54 bits per heavy atom. The van der Waals surface area contributed by atoms with Gasteiger partial charge < -0.3 is 9.64 Å². The van der Waals surface area contributed by atoms with Gasteiger partial charge in [-0.25, -0.2) is 0 Å². The fraction of sp³-hybridized carbons (Fsp3) is 0.0847. The topological polar surface area (TPSA) is 12.5 Å². The van der Waals surface area contributed by atoms with Gasteiger partial charge >= 0.3 is 0 Å². The smallest absolute Gasteiger partial charge is 0.134 e. The maximum atomic E-state index is 6.75. The summed E-state index contributed by atoms with van der Waals surface area (Å²) in [7, 11) is -1.96. The number of hydrogen-bond acceptors (Lipinski definition) is 5. The summed E-state index contributed by atoms with van der Waals surface area (Å²) in [6.07, 6.45) is 0. The van der Waals surface area contributed by atoms with Gasteiger partial charge in [-0.3, -0.25) is 0 Å². The van der Waals surface area contributed by atoms with Crippen LogP contribution >= 0.6 is 35.3 Å². The molecule has 0 radical (unpaired) electrons. The van der Waals surface area contributed by atoms with E-state index in [1.165, 1.54) is 73.1 Å². The normalized spacial score (nSPS) is 14.6. The van der Waals surface area contributed by atoms with Gasteiger partial charge in [-0.1, -0.05) is 196 Å². The summed E-state index contributed by atoms with van der Waals surface area (Å²) in [6, 6.07) is 73.7. The van der Waals surface area contributed by atoms with Crippen LogP contribution in [0.3, 0.4) is 0 Å². The van der Waals surface area contributed by atoms with E-state index in [4.69, 9.17) is 4.74 Å². The van der Waals surface area contributed by atoms with Crippen molar-refractivity contribution in [1.82, 2.24) is 0 Å². The van der Waals surface area contributed by atoms with E-state index in [2.05, 4.69) is 232 Å². The average Bonchev–Trinajstić information content (AvgIpc) is 3.34. The Kier molecular flexibility index (Phi) is 9.80. The number of benzene rings is 9. The van der Waals surface area contributed by atoms with Crippen LogP contribution in [0.1, 0.15) is 25.0 Å². The maximum absolute atomic E-state index is 6.75. The van der Waals surface area contributed by atoms with Crippen molar-refractivity contribution in [3.05, 3.63) is 211 Å². The molecule has 0 aliphatic carbocycles. The van der Waals surface area contributed by atoms with Crippen LogP contribution in [-0.2, 0) is 5.41 Å². The van der Waals surface area contributed by atoms with Gasteiger partial charge in [-0.2, -0.15) is 0 Å². The molecule has 0 amide bonds. The van der Waals surface area contributed by atoms with Crippen molar-refractivity contribution in [3.8, 4) is 44.9 Å². The zero-order valence-corrected chi connectivity index (χ0v) is 40.1. The summed E-state index contributed by atoms with van der Waals surface area (Å²) in [5.41, 5.74) is 13.2. The molecule has 9 aromatic carbocycles. The van der Waals surface area contributed by atoms with Crippen molar-refractivity contribution in [3.63, 3.8) is 0 Å². The van der Waals surface area contributed by atoms with Crippen LogP contribution in [0.15, 0.2) is 230 Å². The molecule has 0 saturated heterocycles. The van der Waals surface area contributed by atoms with Gasteiger partial charge in [0.15, 0.2) is 0 Å². The second kappa shape index (κ2) is 15.8. The lowest BCUT2D eigenvalue weighted by molar-refractivity contribution is 0.488.